The summed E-state index contributed by atoms with van der Waals surface area (Å²) in [7, 11) is 3.43. The number of ketones is 1. The lowest BCUT2D eigenvalue weighted by atomic mass is 9.93. The molecular formula is C36H63N5O4. The van der Waals surface area contributed by atoms with Crippen LogP contribution in [0.1, 0.15) is 149 Å². The highest BCUT2D eigenvalue weighted by molar-refractivity contribution is 5.82. The molecular weight excluding hydrogens is 566 g/mol. The second-order valence-corrected chi connectivity index (χ2v) is 13.0. The molecule has 1 atom stereocenters. The van der Waals surface area contributed by atoms with Crippen LogP contribution in [-0.4, -0.2) is 48.4 Å². The van der Waals surface area contributed by atoms with E-state index in [4.69, 9.17) is 0 Å². The number of imidazole rings is 1. The SMILES string of the molecule is CCCCCCCCCCCCN(CC(CCCCCCCCCn1c(=O)c2c(ncn2C)n(C)c1=O)C(=O)CC)C(=O)CC. The van der Waals surface area contributed by atoms with E-state index >= 15 is 0 Å². The second-order valence-electron chi connectivity index (χ2n) is 13.0. The van der Waals surface area contributed by atoms with Crippen LogP contribution in [0.25, 0.3) is 11.2 Å². The molecule has 45 heavy (non-hydrogen) atoms. The highest BCUT2D eigenvalue weighted by Crippen LogP contribution is 2.18. The lowest BCUT2D eigenvalue weighted by Gasteiger charge is -2.27. The van der Waals surface area contributed by atoms with Crippen LogP contribution in [0.15, 0.2) is 15.9 Å². The maximum absolute atomic E-state index is 12.8. The zero-order valence-electron chi connectivity index (χ0n) is 29.3. The third-order valence-electron chi connectivity index (χ3n) is 9.32. The normalized spacial score (nSPS) is 12.2. The fraction of sp³-hybridized carbons (Fsp3) is 0.806. The standard InChI is InChI=1S/C36H63N5O4/c1-6-9-10-11-12-13-14-17-20-23-26-40(32(43)8-3)28-30(31(42)7-2)25-22-19-16-15-18-21-24-27-41-35(44)33-34(37-29-38(33)4)39(5)36(41)45/h29-30H,6-28H2,1-5H3. The number of hydrogen-bond donors (Lipinski definition) is 0. The van der Waals surface area contributed by atoms with Crippen molar-refractivity contribution < 1.29 is 9.59 Å². The van der Waals surface area contributed by atoms with Crippen LogP contribution < -0.4 is 11.2 Å². The lowest BCUT2D eigenvalue weighted by Crippen LogP contribution is -2.39. The van der Waals surface area contributed by atoms with Crippen molar-refractivity contribution in [3.63, 3.8) is 0 Å². The molecule has 256 valence electrons. The van der Waals surface area contributed by atoms with E-state index in [0.29, 0.717) is 37.1 Å². The number of aryl methyl sites for hydroxylation is 2. The first-order valence-corrected chi connectivity index (χ1v) is 18.2. The third-order valence-corrected chi connectivity index (χ3v) is 9.32. The molecule has 9 nitrogen and oxygen atoms in total. The Morgan fingerprint density at radius 3 is 1.89 bits per heavy atom. The average molecular weight is 630 g/mol. The Balaban J connectivity index is 1.67. The van der Waals surface area contributed by atoms with Gasteiger partial charge in [0, 0.05) is 52.5 Å². The van der Waals surface area contributed by atoms with E-state index in [1.54, 1.807) is 25.0 Å². The molecule has 0 aliphatic heterocycles. The summed E-state index contributed by atoms with van der Waals surface area (Å²) in [4.78, 5) is 57.2. The van der Waals surface area contributed by atoms with Crippen molar-refractivity contribution >= 4 is 22.9 Å². The predicted molar refractivity (Wildman–Crippen MR) is 185 cm³/mol. The van der Waals surface area contributed by atoms with Gasteiger partial charge < -0.3 is 9.47 Å². The molecule has 0 aliphatic rings. The molecule has 1 amide bonds. The van der Waals surface area contributed by atoms with Crippen molar-refractivity contribution in [3.8, 4) is 0 Å². The van der Waals surface area contributed by atoms with Gasteiger partial charge in [-0.2, -0.15) is 0 Å². The Bertz CT molecular complexity index is 1260. The van der Waals surface area contributed by atoms with Crippen LogP contribution in [-0.2, 0) is 30.2 Å². The van der Waals surface area contributed by atoms with Gasteiger partial charge in [-0.15, -0.1) is 0 Å². The second kappa shape index (κ2) is 21.9. The summed E-state index contributed by atoms with van der Waals surface area (Å²) in [6.07, 6.45) is 23.2. The molecule has 0 aliphatic carbocycles. The summed E-state index contributed by atoms with van der Waals surface area (Å²) in [5.41, 5.74) is 0.292. The lowest BCUT2D eigenvalue weighted by molar-refractivity contribution is -0.133. The first-order chi connectivity index (χ1) is 21.8. The molecule has 1 unspecified atom stereocenters. The van der Waals surface area contributed by atoms with Gasteiger partial charge in [0.05, 0.1) is 6.33 Å². The van der Waals surface area contributed by atoms with E-state index in [-0.39, 0.29) is 28.9 Å². The topological polar surface area (TPSA) is 99.2 Å². The van der Waals surface area contributed by atoms with Crippen LogP contribution in [0.2, 0.25) is 0 Å². The summed E-state index contributed by atoms with van der Waals surface area (Å²) in [5.74, 6) is 0.379. The van der Waals surface area contributed by atoms with E-state index in [1.165, 1.54) is 60.5 Å². The minimum atomic E-state index is -0.315. The first kappa shape index (κ1) is 38.5. The molecule has 0 saturated heterocycles. The fourth-order valence-corrected chi connectivity index (χ4v) is 6.38. The molecule has 0 bridgehead atoms. The number of amides is 1. The van der Waals surface area contributed by atoms with E-state index in [2.05, 4.69) is 11.9 Å². The first-order valence-electron chi connectivity index (χ1n) is 18.2. The molecule has 2 aromatic rings. The van der Waals surface area contributed by atoms with Gasteiger partial charge in [-0.3, -0.25) is 23.5 Å². The molecule has 0 fully saturated rings. The van der Waals surface area contributed by atoms with Crippen molar-refractivity contribution in [2.45, 2.75) is 156 Å². The number of fused-ring (bicyclic) bond motifs is 1. The van der Waals surface area contributed by atoms with Crippen LogP contribution in [0.5, 0.6) is 0 Å². The van der Waals surface area contributed by atoms with Gasteiger partial charge in [0.15, 0.2) is 11.2 Å². The van der Waals surface area contributed by atoms with Crippen LogP contribution in [0.4, 0.5) is 0 Å². The van der Waals surface area contributed by atoms with Gasteiger partial charge in [0.1, 0.15) is 5.78 Å². The number of aromatic nitrogens is 4. The van der Waals surface area contributed by atoms with Crippen LogP contribution in [0.3, 0.4) is 0 Å². The number of Topliss-reactive ketones (excluding diaryl/α,β-unsaturated/α-hetero) is 1. The van der Waals surface area contributed by atoms with E-state index in [9.17, 15) is 19.2 Å². The van der Waals surface area contributed by atoms with Gasteiger partial charge in [-0.05, 0) is 19.3 Å². The van der Waals surface area contributed by atoms with Gasteiger partial charge in [-0.1, -0.05) is 117 Å². The highest BCUT2D eigenvalue weighted by atomic mass is 16.2. The number of carbonyl (C=O) groups is 2. The van der Waals surface area contributed by atoms with Gasteiger partial charge in [-0.25, -0.2) is 9.78 Å². The zero-order valence-corrected chi connectivity index (χ0v) is 29.3. The van der Waals surface area contributed by atoms with Crippen molar-refractivity contribution in [1.82, 2.24) is 23.6 Å². The maximum atomic E-state index is 12.8. The molecule has 2 rings (SSSR count). The third kappa shape index (κ3) is 12.9. The van der Waals surface area contributed by atoms with E-state index in [1.807, 2.05) is 18.7 Å². The number of hydrogen-bond acceptors (Lipinski definition) is 5. The molecule has 2 heterocycles. The smallest absolute Gasteiger partial charge is 0.332 e. The van der Waals surface area contributed by atoms with Crippen molar-refractivity contribution in [2.24, 2.45) is 20.0 Å². The minimum Gasteiger partial charge on any atom is -0.342 e. The quantitative estimate of drug-likeness (QED) is 0.102. The number of nitrogens with zero attached hydrogens (tertiary/aromatic N) is 5. The van der Waals surface area contributed by atoms with E-state index in [0.717, 1.165) is 70.8 Å². The van der Waals surface area contributed by atoms with Crippen molar-refractivity contribution in [1.29, 1.82) is 0 Å². The molecule has 0 N–H and O–H groups in total. The van der Waals surface area contributed by atoms with Crippen molar-refractivity contribution in [2.75, 3.05) is 13.1 Å². The van der Waals surface area contributed by atoms with E-state index < -0.39 is 0 Å². The Hall–Kier alpha value is -2.71. The molecule has 0 aromatic carbocycles. The zero-order chi connectivity index (χ0) is 33.0. The number of rotatable bonds is 26. The highest BCUT2D eigenvalue weighted by Gasteiger charge is 2.22. The van der Waals surface area contributed by atoms with Crippen molar-refractivity contribution in [3.05, 3.63) is 27.2 Å². The van der Waals surface area contributed by atoms with Crippen LogP contribution >= 0.6 is 0 Å². The Kier molecular flexibility index (Phi) is 18.7. The summed E-state index contributed by atoms with van der Waals surface area (Å²) in [6, 6.07) is 0. The molecule has 0 spiro atoms. The minimum absolute atomic E-state index is 0.0636. The Morgan fingerprint density at radius 2 is 1.31 bits per heavy atom. The fourth-order valence-electron chi connectivity index (χ4n) is 6.38. The molecule has 9 heteroatoms. The van der Waals surface area contributed by atoms with Gasteiger partial charge in [0.25, 0.3) is 5.56 Å². The summed E-state index contributed by atoms with van der Waals surface area (Å²) in [6.45, 7) is 7.86. The Labute approximate surface area is 271 Å². The van der Waals surface area contributed by atoms with Crippen LogP contribution in [0, 0.1) is 5.92 Å². The summed E-state index contributed by atoms with van der Waals surface area (Å²) < 4.78 is 4.45. The summed E-state index contributed by atoms with van der Waals surface area (Å²) in [5, 5.41) is 0. The maximum Gasteiger partial charge on any atom is 0.332 e. The number of carbonyl (C=O) groups excluding carboxylic acids is 2. The average Bonchev–Trinajstić information content (AvgIpc) is 3.44. The monoisotopic (exact) mass is 629 g/mol. The van der Waals surface area contributed by atoms with Gasteiger partial charge in [0.2, 0.25) is 5.91 Å². The predicted octanol–water partition coefficient (Wildman–Crippen LogP) is 7.31. The Morgan fingerprint density at radius 1 is 0.756 bits per heavy atom. The molecule has 2 aromatic heterocycles. The molecule has 0 radical (unpaired) electrons. The largest absolute Gasteiger partial charge is 0.342 e. The molecule has 0 saturated carbocycles. The number of unbranched alkanes of at least 4 members (excludes halogenated alkanes) is 15. The summed E-state index contributed by atoms with van der Waals surface area (Å²) >= 11 is 0. The van der Waals surface area contributed by atoms with Gasteiger partial charge >= 0.3 is 5.69 Å².